The van der Waals surface area contributed by atoms with Crippen LogP contribution < -0.4 is 15.5 Å². The summed E-state index contributed by atoms with van der Waals surface area (Å²) in [5.74, 6) is 0.438. The highest BCUT2D eigenvalue weighted by Gasteiger charge is 2.34. The van der Waals surface area contributed by atoms with E-state index < -0.39 is 23.9 Å². The van der Waals surface area contributed by atoms with E-state index >= 15 is 0 Å². The molecule has 1 amide bonds. The number of amides is 1. The van der Waals surface area contributed by atoms with E-state index in [4.69, 9.17) is 4.74 Å². The number of ether oxygens (including phenoxy) is 1. The third-order valence-electron chi connectivity index (χ3n) is 5.09. The molecule has 11 heteroatoms. The van der Waals surface area contributed by atoms with Gasteiger partial charge in [0.1, 0.15) is 29.8 Å². The molecule has 2 aromatic heterocycles. The SMILES string of the molecule is CC1OC(=O)Nc2ncnc(-c3cc(C(F)(F)F)cc(N4CCCN[C@H](C)C4)n3)c21. The normalized spacial score (nSPS) is 22.0. The molecule has 160 valence electrons. The van der Waals surface area contributed by atoms with Gasteiger partial charge in [-0.2, -0.15) is 13.2 Å². The second kappa shape index (κ2) is 7.71. The molecule has 0 spiro atoms. The molecule has 1 unspecified atom stereocenters. The minimum absolute atomic E-state index is 0.0509. The fourth-order valence-corrected chi connectivity index (χ4v) is 3.71. The average molecular weight is 422 g/mol. The van der Waals surface area contributed by atoms with Gasteiger partial charge in [-0.25, -0.2) is 19.7 Å². The third kappa shape index (κ3) is 4.02. The van der Waals surface area contributed by atoms with Crippen LogP contribution in [0.1, 0.15) is 37.5 Å². The Morgan fingerprint density at radius 1 is 1.23 bits per heavy atom. The number of carbonyl (C=O) groups is 1. The maximum atomic E-state index is 13.7. The molecule has 0 radical (unpaired) electrons. The van der Waals surface area contributed by atoms with Crippen LogP contribution in [-0.2, 0) is 10.9 Å². The fraction of sp³-hybridized carbons (Fsp3) is 0.474. The van der Waals surface area contributed by atoms with Crippen molar-refractivity contribution in [2.75, 3.05) is 29.9 Å². The monoisotopic (exact) mass is 422 g/mol. The predicted octanol–water partition coefficient (Wildman–Crippen LogP) is 3.37. The van der Waals surface area contributed by atoms with Crippen molar-refractivity contribution >= 4 is 17.7 Å². The van der Waals surface area contributed by atoms with Crippen LogP contribution in [0.25, 0.3) is 11.4 Å². The number of rotatable bonds is 2. The molecule has 2 aliphatic rings. The second-order valence-electron chi connectivity index (χ2n) is 7.41. The molecule has 4 rings (SSSR count). The van der Waals surface area contributed by atoms with Crippen molar-refractivity contribution in [3.8, 4) is 11.4 Å². The Hall–Kier alpha value is -2.95. The Morgan fingerprint density at radius 2 is 2.03 bits per heavy atom. The molecule has 30 heavy (non-hydrogen) atoms. The number of pyridine rings is 1. The lowest BCUT2D eigenvalue weighted by Crippen LogP contribution is -2.35. The zero-order valence-corrected chi connectivity index (χ0v) is 16.5. The Balaban J connectivity index is 1.85. The summed E-state index contributed by atoms with van der Waals surface area (Å²) in [4.78, 5) is 26.2. The Kier molecular flexibility index (Phi) is 5.22. The van der Waals surface area contributed by atoms with Gasteiger partial charge in [0, 0.05) is 19.1 Å². The van der Waals surface area contributed by atoms with Crippen molar-refractivity contribution in [2.24, 2.45) is 0 Å². The van der Waals surface area contributed by atoms with Crippen molar-refractivity contribution in [1.29, 1.82) is 0 Å². The molecule has 2 atom stereocenters. The summed E-state index contributed by atoms with van der Waals surface area (Å²) in [5, 5.41) is 5.77. The van der Waals surface area contributed by atoms with Gasteiger partial charge in [-0.05, 0) is 38.9 Å². The minimum atomic E-state index is -4.55. The quantitative estimate of drug-likeness (QED) is 0.767. The lowest BCUT2D eigenvalue weighted by Gasteiger charge is -2.26. The fourth-order valence-electron chi connectivity index (χ4n) is 3.71. The van der Waals surface area contributed by atoms with Gasteiger partial charge in [-0.15, -0.1) is 0 Å². The molecule has 2 aliphatic heterocycles. The molecule has 1 fully saturated rings. The highest BCUT2D eigenvalue weighted by molar-refractivity contribution is 5.88. The number of cyclic esters (lactones) is 1. The van der Waals surface area contributed by atoms with Crippen molar-refractivity contribution in [3.05, 3.63) is 29.6 Å². The van der Waals surface area contributed by atoms with Crippen LogP contribution in [0, 0.1) is 0 Å². The summed E-state index contributed by atoms with van der Waals surface area (Å²) in [6.45, 7) is 5.50. The van der Waals surface area contributed by atoms with Crippen LogP contribution in [0.5, 0.6) is 0 Å². The van der Waals surface area contributed by atoms with Crippen LogP contribution in [0.15, 0.2) is 18.5 Å². The first kappa shape index (κ1) is 20.3. The van der Waals surface area contributed by atoms with Crippen molar-refractivity contribution < 1.29 is 22.7 Å². The number of halogens is 3. The molecular weight excluding hydrogens is 401 g/mol. The molecule has 8 nitrogen and oxygen atoms in total. The van der Waals surface area contributed by atoms with E-state index in [9.17, 15) is 18.0 Å². The number of anilines is 2. The van der Waals surface area contributed by atoms with Crippen LogP contribution in [0.3, 0.4) is 0 Å². The molecule has 1 saturated heterocycles. The molecular formula is C19H21F3N6O2. The van der Waals surface area contributed by atoms with Gasteiger partial charge in [-0.1, -0.05) is 0 Å². The van der Waals surface area contributed by atoms with Crippen LogP contribution in [-0.4, -0.2) is 46.7 Å². The topological polar surface area (TPSA) is 92.3 Å². The zero-order valence-electron chi connectivity index (χ0n) is 16.5. The van der Waals surface area contributed by atoms with E-state index in [0.717, 1.165) is 25.1 Å². The van der Waals surface area contributed by atoms with E-state index in [1.807, 2.05) is 11.8 Å². The van der Waals surface area contributed by atoms with E-state index in [1.165, 1.54) is 6.33 Å². The maximum absolute atomic E-state index is 13.7. The maximum Gasteiger partial charge on any atom is 0.416 e. The summed E-state index contributed by atoms with van der Waals surface area (Å²) < 4.78 is 46.2. The summed E-state index contributed by atoms with van der Waals surface area (Å²) in [6.07, 6.45) is -3.98. The first-order valence-electron chi connectivity index (χ1n) is 9.63. The first-order chi connectivity index (χ1) is 14.2. The molecule has 0 aromatic carbocycles. The minimum Gasteiger partial charge on any atom is -0.441 e. The molecule has 0 aliphatic carbocycles. The standard InChI is InChI=1S/C19H21F3N6O2/c1-10-8-28(5-3-4-23-10)14-7-12(19(20,21)22)6-13(26-14)16-15-11(2)30-18(29)27-17(15)25-9-24-16/h6-7,9-11,23H,3-5,8H2,1-2H3,(H,24,25,27,29)/t10-,11?/m1/s1. The summed E-state index contributed by atoms with van der Waals surface area (Å²) >= 11 is 0. The van der Waals surface area contributed by atoms with Crippen molar-refractivity contribution in [1.82, 2.24) is 20.3 Å². The number of alkyl halides is 3. The summed E-state index contributed by atoms with van der Waals surface area (Å²) in [5.41, 5.74) is -0.176. The summed E-state index contributed by atoms with van der Waals surface area (Å²) in [7, 11) is 0. The van der Waals surface area contributed by atoms with Crippen molar-refractivity contribution in [3.63, 3.8) is 0 Å². The van der Waals surface area contributed by atoms with Gasteiger partial charge in [0.2, 0.25) is 0 Å². The molecule has 2 aromatic rings. The number of nitrogens with one attached hydrogen (secondary N) is 2. The average Bonchev–Trinajstić information content (AvgIpc) is 2.90. The lowest BCUT2D eigenvalue weighted by atomic mass is 10.0. The van der Waals surface area contributed by atoms with Gasteiger partial charge in [0.15, 0.2) is 0 Å². The van der Waals surface area contributed by atoms with Gasteiger partial charge >= 0.3 is 12.3 Å². The van der Waals surface area contributed by atoms with Crippen LogP contribution in [0.4, 0.5) is 29.6 Å². The Labute approximate surface area is 170 Å². The van der Waals surface area contributed by atoms with Crippen LogP contribution >= 0.6 is 0 Å². The molecule has 2 N–H and O–H groups in total. The number of hydrogen-bond acceptors (Lipinski definition) is 7. The lowest BCUT2D eigenvalue weighted by molar-refractivity contribution is -0.137. The van der Waals surface area contributed by atoms with Gasteiger partial charge in [0.05, 0.1) is 16.8 Å². The summed E-state index contributed by atoms with van der Waals surface area (Å²) in [6, 6.07) is 2.15. The second-order valence-corrected chi connectivity index (χ2v) is 7.41. The highest BCUT2D eigenvalue weighted by atomic mass is 19.4. The van der Waals surface area contributed by atoms with Gasteiger partial charge < -0.3 is 15.0 Å². The van der Waals surface area contributed by atoms with E-state index in [2.05, 4.69) is 25.6 Å². The molecule has 4 heterocycles. The zero-order chi connectivity index (χ0) is 21.5. The van der Waals surface area contributed by atoms with Gasteiger partial charge in [-0.3, -0.25) is 5.32 Å². The smallest absolute Gasteiger partial charge is 0.416 e. The number of aromatic nitrogens is 3. The predicted molar refractivity (Wildman–Crippen MR) is 103 cm³/mol. The van der Waals surface area contributed by atoms with E-state index in [0.29, 0.717) is 18.7 Å². The highest BCUT2D eigenvalue weighted by Crippen LogP contribution is 2.38. The Bertz CT molecular complexity index is 968. The number of carbonyl (C=O) groups excluding carboxylic acids is 1. The molecule has 0 bridgehead atoms. The Morgan fingerprint density at radius 3 is 2.80 bits per heavy atom. The molecule has 0 saturated carbocycles. The number of fused-ring (bicyclic) bond motifs is 1. The van der Waals surface area contributed by atoms with Gasteiger partial charge in [0.25, 0.3) is 0 Å². The van der Waals surface area contributed by atoms with Crippen molar-refractivity contribution in [2.45, 2.75) is 38.6 Å². The first-order valence-corrected chi connectivity index (χ1v) is 9.63. The van der Waals surface area contributed by atoms with E-state index in [-0.39, 0.29) is 29.1 Å². The number of hydrogen-bond donors (Lipinski definition) is 2. The third-order valence-corrected chi connectivity index (χ3v) is 5.09. The number of nitrogens with zero attached hydrogens (tertiary/aromatic N) is 4. The van der Waals surface area contributed by atoms with Crippen LogP contribution in [0.2, 0.25) is 0 Å². The largest absolute Gasteiger partial charge is 0.441 e. The van der Waals surface area contributed by atoms with E-state index in [1.54, 1.807) is 6.92 Å².